The topological polar surface area (TPSA) is 65.2 Å². The largest absolute Gasteiger partial charge is 0.353 e. The molecule has 0 spiro atoms. The molecule has 120 valence electrons. The molecule has 2 amide bonds. The van der Waals surface area contributed by atoms with Gasteiger partial charge in [0.25, 0.3) is 5.91 Å². The number of rotatable bonds is 3. The van der Waals surface area contributed by atoms with Crippen LogP contribution < -0.4 is 5.32 Å². The highest BCUT2D eigenvalue weighted by Crippen LogP contribution is 2.23. The summed E-state index contributed by atoms with van der Waals surface area (Å²) in [7, 11) is 0. The van der Waals surface area contributed by atoms with Gasteiger partial charge in [-0.2, -0.15) is 0 Å². The summed E-state index contributed by atoms with van der Waals surface area (Å²) in [4.78, 5) is 30.0. The molecule has 2 aromatic rings. The van der Waals surface area contributed by atoms with Crippen LogP contribution in [0.3, 0.4) is 0 Å². The number of piperidine rings is 1. The molecule has 2 fully saturated rings. The molecule has 1 saturated carbocycles. The van der Waals surface area contributed by atoms with Gasteiger partial charge in [-0.15, -0.1) is 0 Å². The summed E-state index contributed by atoms with van der Waals surface area (Å²) < 4.78 is 0. The van der Waals surface area contributed by atoms with Gasteiger partial charge in [-0.1, -0.05) is 18.2 Å². The number of fused-ring (bicyclic) bond motifs is 1. The van der Waals surface area contributed by atoms with Gasteiger partial charge in [-0.05, 0) is 37.8 Å². The van der Waals surface area contributed by atoms with Crippen LogP contribution in [-0.4, -0.2) is 40.8 Å². The number of amides is 2. The SMILES string of the molecule is O=C(NC1CC1)[C@@H]1CCCN(C(=O)c2cc3ccccc3[nH]2)C1. The Morgan fingerprint density at radius 3 is 2.78 bits per heavy atom. The Labute approximate surface area is 135 Å². The first-order valence-electron chi connectivity index (χ1n) is 8.38. The van der Waals surface area contributed by atoms with E-state index in [0.717, 1.165) is 43.1 Å². The number of hydrogen-bond donors (Lipinski definition) is 2. The van der Waals surface area contributed by atoms with Crippen molar-refractivity contribution in [2.45, 2.75) is 31.7 Å². The Bertz CT molecular complexity index is 715. The zero-order chi connectivity index (χ0) is 15.8. The summed E-state index contributed by atoms with van der Waals surface area (Å²) in [5.74, 6) is 0.0319. The molecule has 1 aliphatic carbocycles. The Morgan fingerprint density at radius 1 is 1.17 bits per heavy atom. The van der Waals surface area contributed by atoms with E-state index in [-0.39, 0.29) is 17.7 Å². The fourth-order valence-electron chi connectivity index (χ4n) is 3.28. The standard InChI is InChI=1S/C18H21N3O2/c22-17(19-14-7-8-14)13-5-3-9-21(11-13)18(23)16-10-12-4-1-2-6-15(12)20-16/h1-2,4,6,10,13-14,20H,3,5,7-9,11H2,(H,19,22)/t13-/m1/s1. The van der Waals surface area contributed by atoms with E-state index >= 15 is 0 Å². The van der Waals surface area contributed by atoms with E-state index in [2.05, 4.69) is 10.3 Å². The summed E-state index contributed by atoms with van der Waals surface area (Å²) in [5.41, 5.74) is 1.57. The van der Waals surface area contributed by atoms with Crippen LogP contribution in [0.2, 0.25) is 0 Å². The van der Waals surface area contributed by atoms with E-state index in [1.807, 2.05) is 35.2 Å². The van der Waals surface area contributed by atoms with Gasteiger partial charge >= 0.3 is 0 Å². The van der Waals surface area contributed by atoms with E-state index in [9.17, 15) is 9.59 Å². The van der Waals surface area contributed by atoms with E-state index in [0.29, 0.717) is 18.3 Å². The fraction of sp³-hybridized carbons (Fsp3) is 0.444. The summed E-state index contributed by atoms with van der Waals surface area (Å²) in [5, 5.41) is 4.10. The van der Waals surface area contributed by atoms with Crippen molar-refractivity contribution < 1.29 is 9.59 Å². The first-order valence-corrected chi connectivity index (χ1v) is 8.38. The van der Waals surface area contributed by atoms with Crippen molar-refractivity contribution in [1.82, 2.24) is 15.2 Å². The monoisotopic (exact) mass is 311 g/mol. The molecule has 1 saturated heterocycles. The molecule has 2 aliphatic rings. The van der Waals surface area contributed by atoms with Gasteiger partial charge in [-0.25, -0.2) is 0 Å². The number of aromatic nitrogens is 1. The quantitative estimate of drug-likeness (QED) is 0.913. The van der Waals surface area contributed by atoms with Crippen molar-refractivity contribution in [3.8, 4) is 0 Å². The highest BCUT2D eigenvalue weighted by atomic mass is 16.2. The predicted octanol–water partition coefficient (Wildman–Crippen LogP) is 2.30. The number of carbonyl (C=O) groups excluding carboxylic acids is 2. The molecule has 1 atom stereocenters. The van der Waals surface area contributed by atoms with Gasteiger partial charge in [0.1, 0.15) is 5.69 Å². The van der Waals surface area contributed by atoms with Gasteiger partial charge in [0.2, 0.25) is 5.91 Å². The minimum Gasteiger partial charge on any atom is -0.353 e. The molecule has 0 bridgehead atoms. The number of hydrogen-bond acceptors (Lipinski definition) is 2. The van der Waals surface area contributed by atoms with Gasteiger partial charge in [0.05, 0.1) is 5.92 Å². The highest BCUT2D eigenvalue weighted by Gasteiger charge is 2.32. The lowest BCUT2D eigenvalue weighted by Gasteiger charge is -2.31. The fourth-order valence-corrected chi connectivity index (χ4v) is 3.28. The number of nitrogens with one attached hydrogen (secondary N) is 2. The highest BCUT2D eigenvalue weighted by molar-refractivity contribution is 5.98. The van der Waals surface area contributed by atoms with Crippen LogP contribution in [0.15, 0.2) is 30.3 Å². The maximum atomic E-state index is 12.7. The molecule has 1 aromatic heterocycles. The van der Waals surface area contributed by atoms with E-state index in [1.165, 1.54) is 0 Å². The third-order valence-corrected chi connectivity index (χ3v) is 4.76. The van der Waals surface area contributed by atoms with E-state index in [4.69, 9.17) is 0 Å². The summed E-state index contributed by atoms with van der Waals surface area (Å²) in [6.45, 7) is 1.24. The average molecular weight is 311 g/mol. The molecule has 0 radical (unpaired) electrons. The van der Waals surface area contributed by atoms with Crippen molar-refractivity contribution in [2.75, 3.05) is 13.1 Å². The first kappa shape index (κ1) is 14.3. The normalized spacial score (nSPS) is 21.4. The lowest BCUT2D eigenvalue weighted by atomic mass is 9.97. The summed E-state index contributed by atoms with van der Waals surface area (Å²) in [6.07, 6.45) is 3.94. The van der Waals surface area contributed by atoms with Crippen LogP contribution in [-0.2, 0) is 4.79 Å². The molecule has 4 rings (SSSR count). The minimum absolute atomic E-state index is 0.00915. The summed E-state index contributed by atoms with van der Waals surface area (Å²) in [6, 6.07) is 10.1. The Balaban J connectivity index is 1.47. The maximum Gasteiger partial charge on any atom is 0.270 e. The zero-order valence-electron chi connectivity index (χ0n) is 13.0. The lowest BCUT2D eigenvalue weighted by molar-refractivity contribution is -0.126. The Hall–Kier alpha value is -2.30. The predicted molar refractivity (Wildman–Crippen MR) is 88.1 cm³/mol. The number of carbonyl (C=O) groups is 2. The Morgan fingerprint density at radius 2 is 2.00 bits per heavy atom. The zero-order valence-corrected chi connectivity index (χ0v) is 13.0. The average Bonchev–Trinajstić information content (AvgIpc) is 3.29. The second-order valence-electron chi connectivity index (χ2n) is 6.64. The molecule has 2 heterocycles. The van der Waals surface area contributed by atoms with Crippen molar-refractivity contribution in [1.29, 1.82) is 0 Å². The van der Waals surface area contributed by atoms with Crippen LogP contribution in [0.25, 0.3) is 10.9 Å². The maximum absolute atomic E-state index is 12.7. The first-order chi connectivity index (χ1) is 11.2. The number of H-pyrrole nitrogens is 1. The van der Waals surface area contributed by atoms with Crippen molar-refractivity contribution in [2.24, 2.45) is 5.92 Å². The molecule has 0 unspecified atom stereocenters. The lowest BCUT2D eigenvalue weighted by Crippen LogP contribution is -2.46. The van der Waals surface area contributed by atoms with Crippen molar-refractivity contribution in [3.05, 3.63) is 36.0 Å². The van der Waals surface area contributed by atoms with Crippen LogP contribution in [0.4, 0.5) is 0 Å². The molecular formula is C18H21N3O2. The second-order valence-corrected chi connectivity index (χ2v) is 6.64. The number of para-hydroxylation sites is 1. The van der Waals surface area contributed by atoms with E-state index < -0.39 is 0 Å². The molecular weight excluding hydrogens is 290 g/mol. The molecule has 5 nitrogen and oxygen atoms in total. The second kappa shape index (κ2) is 5.72. The van der Waals surface area contributed by atoms with Crippen LogP contribution in [0.5, 0.6) is 0 Å². The van der Waals surface area contributed by atoms with E-state index in [1.54, 1.807) is 0 Å². The van der Waals surface area contributed by atoms with Crippen LogP contribution in [0.1, 0.15) is 36.2 Å². The molecule has 5 heteroatoms. The van der Waals surface area contributed by atoms with Gasteiger partial charge in [0, 0.05) is 30.0 Å². The van der Waals surface area contributed by atoms with Crippen LogP contribution >= 0.6 is 0 Å². The summed E-state index contributed by atoms with van der Waals surface area (Å²) >= 11 is 0. The van der Waals surface area contributed by atoms with Crippen molar-refractivity contribution in [3.63, 3.8) is 0 Å². The van der Waals surface area contributed by atoms with Gasteiger partial charge in [0.15, 0.2) is 0 Å². The number of nitrogens with zero attached hydrogens (tertiary/aromatic N) is 1. The molecule has 23 heavy (non-hydrogen) atoms. The van der Waals surface area contributed by atoms with Crippen LogP contribution in [0, 0.1) is 5.92 Å². The number of aromatic amines is 1. The smallest absolute Gasteiger partial charge is 0.270 e. The molecule has 1 aliphatic heterocycles. The molecule has 1 aromatic carbocycles. The number of likely N-dealkylation sites (tertiary alicyclic amines) is 1. The minimum atomic E-state index is -0.0716. The third kappa shape index (κ3) is 2.96. The molecule has 2 N–H and O–H groups in total. The van der Waals surface area contributed by atoms with Gasteiger partial charge < -0.3 is 15.2 Å². The third-order valence-electron chi connectivity index (χ3n) is 4.76. The van der Waals surface area contributed by atoms with Crippen molar-refractivity contribution >= 4 is 22.7 Å². The van der Waals surface area contributed by atoms with Gasteiger partial charge in [-0.3, -0.25) is 9.59 Å². The number of benzene rings is 1. The Kier molecular flexibility index (Phi) is 3.56.